The molecule has 2 heterocycles. The molecule has 0 spiro atoms. The SMILES string of the molecule is CC(=O)C1CC2CCCC2N1CCC(=O)C1CC2CC2N1C. The molecule has 4 nitrogen and oxygen atoms in total. The Kier molecular flexibility index (Phi) is 3.65. The second-order valence-corrected chi connectivity index (χ2v) is 8.05. The van der Waals surface area contributed by atoms with Crippen LogP contribution in [-0.2, 0) is 9.59 Å². The van der Waals surface area contributed by atoms with Gasteiger partial charge in [0.2, 0.25) is 0 Å². The molecule has 0 aromatic carbocycles. The molecule has 0 N–H and O–H groups in total. The van der Waals surface area contributed by atoms with Crippen LogP contribution in [0.1, 0.15) is 51.9 Å². The number of hydrogen-bond acceptors (Lipinski definition) is 4. The summed E-state index contributed by atoms with van der Waals surface area (Å²) in [7, 11) is 2.11. The van der Waals surface area contributed by atoms with Crippen LogP contribution in [-0.4, -0.2) is 59.1 Å². The molecular formula is C18H28N2O2. The van der Waals surface area contributed by atoms with Crippen molar-refractivity contribution in [1.82, 2.24) is 9.80 Å². The van der Waals surface area contributed by atoms with Crippen LogP contribution in [0.5, 0.6) is 0 Å². The number of carbonyl (C=O) groups excluding carboxylic acids is 2. The highest BCUT2D eigenvalue weighted by atomic mass is 16.1. The van der Waals surface area contributed by atoms with Crippen molar-refractivity contribution in [2.75, 3.05) is 13.6 Å². The number of fused-ring (bicyclic) bond motifs is 2. The predicted molar refractivity (Wildman–Crippen MR) is 84.6 cm³/mol. The molecule has 0 aromatic rings. The van der Waals surface area contributed by atoms with E-state index in [-0.39, 0.29) is 12.1 Å². The van der Waals surface area contributed by atoms with Gasteiger partial charge in [-0.25, -0.2) is 0 Å². The maximum absolute atomic E-state index is 12.6. The van der Waals surface area contributed by atoms with Gasteiger partial charge in [0.15, 0.2) is 5.78 Å². The molecule has 0 bridgehead atoms. The first-order valence-electron chi connectivity index (χ1n) is 9.07. The first kappa shape index (κ1) is 14.8. The zero-order chi connectivity index (χ0) is 15.4. The smallest absolute Gasteiger partial charge is 0.151 e. The minimum atomic E-state index is 0.0813. The van der Waals surface area contributed by atoms with E-state index in [1.807, 2.05) is 0 Å². The van der Waals surface area contributed by atoms with Crippen molar-refractivity contribution < 1.29 is 9.59 Å². The van der Waals surface area contributed by atoms with E-state index in [4.69, 9.17) is 0 Å². The third-order valence-electron chi connectivity index (χ3n) is 6.85. The topological polar surface area (TPSA) is 40.6 Å². The second kappa shape index (κ2) is 5.41. The number of ketones is 2. The molecule has 22 heavy (non-hydrogen) atoms. The predicted octanol–water partition coefficient (Wildman–Crippen LogP) is 1.87. The minimum Gasteiger partial charge on any atom is -0.298 e. The molecular weight excluding hydrogens is 276 g/mol. The molecule has 6 unspecified atom stereocenters. The highest BCUT2D eigenvalue weighted by Crippen LogP contribution is 2.47. The molecule has 0 aromatic heterocycles. The summed E-state index contributed by atoms with van der Waals surface area (Å²) in [6.07, 6.45) is 7.80. The normalized spacial score (nSPS) is 44.1. The number of piperidine rings is 1. The quantitative estimate of drug-likeness (QED) is 0.777. The third-order valence-corrected chi connectivity index (χ3v) is 6.85. The zero-order valence-electron chi connectivity index (χ0n) is 13.8. The first-order valence-corrected chi connectivity index (χ1v) is 9.07. The van der Waals surface area contributed by atoms with Gasteiger partial charge in [-0.15, -0.1) is 0 Å². The molecule has 122 valence electrons. The van der Waals surface area contributed by atoms with E-state index in [1.54, 1.807) is 6.92 Å². The van der Waals surface area contributed by atoms with Gasteiger partial charge in [0.25, 0.3) is 0 Å². The van der Waals surface area contributed by atoms with Gasteiger partial charge in [-0.05, 0) is 57.9 Å². The fourth-order valence-electron chi connectivity index (χ4n) is 5.54. The van der Waals surface area contributed by atoms with Crippen molar-refractivity contribution >= 4 is 11.6 Å². The highest BCUT2D eigenvalue weighted by Gasteiger charge is 2.52. The maximum Gasteiger partial charge on any atom is 0.151 e. The van der Waals surface area contributed by atoms with Gasteiger partial charge in [0.05, 0.1) is 12.1 Å². The Morgan fingerprint density at radius 1 is 1.00 bits per heavy atom. The summed E-state index contributed by atoms with van der Waals surface area (Å²) in [6.45, 7) is 2.52. The number of hydrogen-bond donors (Lipinski definition) is 0. The zero-order valence-corrected chi connectivity index (χ0v) is 13.8. The molecule has 4 rings (SSSR count). The van der Waals surface area contributed by atoms with E-state index in [0.717, 1.165) is 25.3 Å². The molecule has 0 amide bonds. The minimum absolute atomic E-state index is 0.0813. The first-order chi connectivity index (χ1) is 10.6. The summed E-state index contributed by atoms with van der Waals surface area (Å²) in [4.78, 5) is 29.2. The average Bonchev–Trinajstić information content (AvgIpc) is 2.80. The lowest BCUT2D eigenvalue weighted by Crippen LogP contribution is -2.43. The van der Waals surface area contributed by atoms with Crippen LogP contribution in [0.4, 0.5) is 0 Å². The highest BCUT2D eigenvalue weighted by molar-refractivity contribution is 5.85. The Morgan fingerprint density at radius 3 is 2.45 bits per heavy atom. The number of likely N-dealkylation sites (N-methyl/N-ethyl adjacent to an activating group) is 1. The molecule has 4 heteroatoms. The molecule has 2 aliphatic carbocycles. The van der Waals surface area contributed by atoms with Crippen LogP contribution >= 0.6 is 0 Å². The van der Waals surface area contributed by atoms with Gasteiger partial charge in [-0.1, -0.05) is 6.42 Å². The van der Waals surface area contributed by atoms with Gasteiger partial charge in [-0.3, -0.25) is 19.4 Å². The summed E-state index contributed by atoms with van der Waals surface area (Å²) in [5, 5.41) is 0. The van der Waals surface area contributed by atoms with Gasteiger partial charge in [-0.2, -0.15) is 0 Å². The van der Waals surface area contributed by atoms with E-state index in [2.05, 4.69) is 16.8 Å². The van der Waals surface area contributed by atoms with Gasteiger partial charge >= 0.3 is 0 Å². The van der Waals surface area contributed by atoms with Crippen LogP contribution in [0.2, 0.25) is 0 Å². The maximum atomic E-state index is 12.6. The van der Waals surface area contributed by atoms with Crippen molar-refractivity contribution in [3.05, 3.63) is 0 Å². The van der Waals surface area contributed by atoms with Crippen molar-refractivity contribution in [3.8, 4) is 0 Å². The number of Topliss-reactive ketones (excluding diaryl/α,β-unsaturated/α-hetero) is 2. The summed E-state index contributed by atoms with van der Waals surface area (Å²) < 4.78 is 0. The lowest BCUT2D eigenvalue weighted by atomic mass is 10.0. The van der Waals surface area contributed by atoms with Crippen molar-refractivity contribution in [1.29, 1.82) is 0 Å². The lowest BCUT2D eigenvalue weighted by Gasteiger charge is -2.29. The van der Waals surface area contributed by atoms with Gasteiger partial charge < -0.3 is 0 Å². The number of carbonyl (C=O) groups is 2. The summed E-state index contributed by atoms with van der Waals surface area (Å²) in [6, 6.07) is 1.49. The van der Waals surface area contributed by atoms with Crippen LogP contribution in [0.25, 0.3) is 0 Å². The molecule has 2 saturated heterocycles. The van der Waals surface area contributed by atoms with Crippen molar-refractivity contribution in [3.63, 3.8) is 0 Å². The molecule has 2 aliphatic heterocycles. The van der Waals surface area contributed by atoms with E-state index in [0.29, 0.717) is 36.0 Å². The molecule has 4 aliphatic rings. The Hall–Kier alpha value is -0.740. The fourth-order valence-corrected chi connectivity index (χ4v) is 5.54. The summed E-state index contributed by atoms with van der Waals surface area (Å²) >= 11 is 0. The Labute approximate surface area is 133 Å². The van der Waals surface area contributed by atoms with Gasteiger partial charge in [0.1, 0.15) is 5.78 Å². The molecule has 6 atom stereocenters. The second-order valence-electron chi connectivity index (χ2n) is 8.05. The monoisotopic (exact) mass is 304 g/mol. The largest absolute Gasteiger partial charge is 0.298 e. The van der Waals surface area contributed by atoms with E-state index >= 15 is 0 Å². The van der Waals surface area contributed by atoms with Crippen molar-refractivity contribution in [2.45, 2.75) is 76.0 Å². The lowest BCUT2D eigenvalue weighted by molar-refractivity contribution is -0.126. The molecule has 4 fully saturated rings. The average molecular weight is 304 g/mol. The Balaban J connectivity index is 1.37. The van der Waals surface area contributed by atoms with Crippen molar-refractivity contribution in [2.24, 2.45) is 11.8 Å². The Morgan fingerprint density at radius 2 is 1.77 bits per heavy atom. The van der Waals surface area contributed by atoms with Crippen LogP contribution in [0.3, 0.4) is 0 Å². The van der Waals surface area contributed by atoms with Crippen LogP contribution < -0.4 is 0 Å². The molecule has 2 saturated carbocycles. The molecule has 0 radical (unpaired) electrons. The number of nitrogens with zero attached hydrogens (tertiary/aromatic N) is 2. The standard InChI is InChI=1S/C18H28N2O2/c1-11(21)15-8-12-4-3-5-14(12)20(15)7-6-18(22)17-10-13-9-16(13)19(17)2/h12-17H,3-10H2,1-2H3. The summed E-state index contributed by atoms with van der Waals surface area (Å²) in [5.41, 5.74) is 0. The third kappa shape index (κ3) is 2.35. The van der Waals surface area contributed by atoms with Crippen LogP contribution in [0, 0.1) is 11.8 Å². The van der Waals surface area contributed by atoms with E-state index in [9.17, 15) is 9.59 Å². The number of likely N-dealkylation sites (tertiary alicyclic amines) is 2. The van der Waals surface area contributed by atoms with Gasteiger partial charge in [0, 0.05) is 25.0 Å². The van der Waals surface area contributed by atoms with E-state index in [1.165, 1.54) is 25.7 Å². The number of rotatable bonds is 5. The van der Waals surface area contributed by atoms with E-state index < -0.39 is 0 Å². The Bertz CT molecular complexity index is 491. The fraction of sp³-hybridized carbons (Fsp3) is 0.889. The van der Waals surface area contributed by atoms with Crippen LogP contribution in [0.15, 0.2) is 0 Å². The summed E-state index contributed by atoms with van der Waals surface area (Å²) in [5.74, 6) is 2.18.